The molecule has 2 amide bonds. The quantitative estimate of drug-likeness (QED) is 0.687. The van der Waals surface area contributed by atoms with Crippen molar-refractivity contribution in [3.8, 4) is 0 Å². The fourth-order valence-corrected chi connectivity index (χ4v) is 2.65. The Morgan fingerprint density at radius 3 is 1.93 bits per heavy atom. The van der Waals surface area contributed by atoms with Crippen LogP contribution in [0.2, 0.25) is 5.02 Å². The number of amides is 2. The highest BCUT2D eigenvalue weighted by Crippen LogP contribution is 2.36. The monoisotopic (exact) mass is 438 g/mol. The number of benzene rings is 2. The second kappa shape index (κ2) is 8.32. The van der Waals surface area contributed by atoms with Gasteiger partial charge in [0.15, 0.2) is 0 Å². The molecule has 0 radical (unpaired) electrons. The molecule has 156 valence electrons. The lowest BCUT2D eigenvalue weighted by Gasteiger charge is -2.18. The lowest BCUT2D eigenvalue weighted by atomic mass is 10.0. The van der Waals surface area contributed by atoms with Crippen LogP contribution in [0.5, 0.6) is 0 Å². The summed E-state index contributed by atoms with van der Waals surface area (Å²) in [7, 11) is 0. The maximum atomic E-state index is 12.9. The number of nitrogens with one attached hydrogen (secondary N) is 1. The molecule has 0 saturated heterocycles. The fourth-order valence-electron chi connectivity index (χ4n) is 2.43. The van der Waals surface area contributed by atoms with E-state index in [9.17, 15) is 35.9 Å². The Balaban J connectivity index is 2.36. The van der Waals surface area contributed by atoms with Gasteiger partial charge in [-0.2, -0.15) is 26.3 Å². The predicted octanol–water partition coefficient (Wildman–Crippen LogP) is 4.20. The molecule has 0 fully saturated rings. The van der Waals surface area contributed by atoms with Crippen molar-refractivity contribution < 1.29 is 35.9 Å². The highest BCUT2D eigenvalue weighted by atomic mass is 35.5. The molecule has 2 aromatic carbocycles. The van der Waals surface area contributed by atoms with E-state index in [1.807, 2.05) is 0 Å². The Morgan fingerprint density at radius 1 is 0.966 bits per heavy atom. The first-order chi connectivity index (χ1) is 13.3. The normalized spacial score (nSPS) is 13.1. The molecule has 0 spiro atoms. The molecule has 0 aliphatic rings. The Bertz CT molecular complexity index is 895. The zero-order valence-electron chi connectivity index (χ0n) is 14.4. The Labute approximate surface area is 165 Å². The van der Waals surface area contributed by atoms with Gasteiger partial charge in [-0.25, -0.2) is 0 Å². The minimum Gasteiger partial charge on any atom is -0.368 e. The van der Waals surface area contributed by atoms with Crippen molar-refractivity contribution in [1.82, 2.24) is 5.32 Å². The van der Waals surface area contributed by atoms with E-state index in [1.165, 1.54) is 12.1 Å². The third-order valence-electron chi connectivity index (χ3n) is 3.88. The molecule has 11 heteroatoms. The third-order valence-corrected chi connectivity index (χ3v) is 4.25. The molecule has 2 aromatic rings. The van der Waals surface area contributed by atoms with E-state index in [1.54, 1.807) is 12.1 Å². The van der Waals surface area contributed by atoms with Gasteiger partial charge in [-0.3, -0.25) is 9.59 Å². The number of alkyl halides is 6. The van der Waals surface area contributed by atoms with Crippen molar-refractivity contribution in [3.05, 3.63) is 69.7 Å². The van der Waals surface area contributed by atoms with Gasteiger partial charge in [0.25, 0.3) is 5.91 Å². The van der Waals surface area contributed by atoms with Crippen LogP contribution < -0.4 is 11.1 Å². The van der Waals surface area contributed by atoms with E-state index in [-0.39, 0.29) is 29.6 Å². The highest BCUT2D eigenvalue weighted by molar-refractivity contribution is 6.31. The summed E-state index contributed by atoms with van der Waals surface area (Å²) >= 11 is 5.95. The first-order valence-electron chi connectivity index (χ1n) is 7.92. The van der Waals surface area contributed by atoms with E-state index in [2.05, 4.69) is 5.32 Å². The van der Waals surface area contributed by atoms with E-state index >= 15 is 0 Å². The molecule has 29 heavy (non-hydrogen) atoms. The summed E-state index contributed by atoms with van der Waals surface area (Å²) in [6, 6.07) is 5.22. The van der Waals surface area contributed by atoms with Gasteiger partial charge in [-0.1, -0.05) is 29.8 Å². The van der Waals surface area contributed by atoms with Gasteiger partial charge in [0.2, 0.25) is 5.91 Å². The van der Waals surface area contributed by atoms with Crippen molar-refractivity contribution in [1.29, 1.82) is 0 Å². The summed E-state index contributed by atoms with van der Waals surface area (Å²) in [5.74, 6) is -2.36. The zero-order valence-corrected chi connectivity index (χ0v) is 15.1. The van der Waals surface area contributed by atoms with Gasteiger partial charge in [0.1, 0.15) is 6.04 Å². The Kier molecular flexibility index (Phi) is 6.46. The Morgan fingerprint density at radius 2 is 1.48 bits per heavy atom. The van der Waals surface area contributed by atoms with E-state index in [0.29, 0.717) is 5.56 Å². The molecule has 0 bridgehead atoms. The second-order valence-corrected chi connectivity index (χ2v) is 6.43. The van der Waals surface area contributed by atoms with Gasteiger partial charge in [-0.05, 0) is 29.8 Å². The van der Waals surface area contributed by atoms with Crippen LogP contribution in [-0.4, -0.2) is 17.9 Å². The molecule has 0 aliphatic carbocycles. The van der Waals surface area contributed by atoms with Crippen LogP contribution in [0.4, 0.5) is 26.3 Å². The number of primary amides is 1. The molecule has 0 heterocycles. The highest BCUT2D eigenvalue weighted by Gasteiger charge is 2.37. The summed E-state index contributed by atoms with van der Waals surface area (Å²) in [5, 5.41) is 2.30. The molecule has 0 unspecified atom stereocenters. The average molecular weight is 439 g/mol. The van der Waals surface area contributed by atoms with Crippen molar-refractivity contribution in [2.75, 3.05) is 0 Å². The lowest BCUT2D eigenvalue weighted by molar-refractivity contribution is -0.143. The molecule has 1 atom stereocenters. The minimum absolute atomic E-state index is 0.105. The summed E-state index contributed by atoms with van der Waals surface area (Å²) in [4.78, 5) is 23.9. The fraction of sp³-hybridized carbons (Fsp3) is 0.222. The van der Waals surface area contributed by atoms with Gasteiger partial charge in [0.05, 0.1) is 11.1 Å². The van der Waals surface area contributed by atoms with E-state index in [0.717, 1.165) is 0 Å². The summed E-state index contributed by atoms with van der Waals surface area (Å²) in [5.41, 5.74) is 1.38. The first-order valence-corrected chi connectivity index (χ1v) is 8.30. The smallest absolute Gasteiger partial charge is 0.368 e. The summed E-state index contributed by atoms with van der Waals surface area (Å²) in [6.07, 6.45) is -10.4. The van der Waals surface area contributed by atoms with Gasteiger partial charge < -0.3 is 11.1 Å². The van der Waals surface area contributed by atoms with Crippen LogP contribution in [0, 0.1) is 0 Å². The maximum absolute atomic E-state index is 12.9. The number of carbonyl (C=O) groups excluding carboxylic acids is 2. The molecular weight excluding hydrogens is 426 g/mol. The van der Waals surface area contributed by atoms with Crippen LogP contribution in [-0.2, 0) is 23.6 Å². The molecule has 0 aliphatic heterocycles. The lowest BCUT2D eigenvalue weighted by Crippen LogP contribution is -2.46. The third kappa shape index (κ3) is 5.86. The average Bonchev–Trinajstić information content (AvgIpc) is 2.60. The molecule has 2 rings (SSSR count). The number of nitrogens with two attached hydrogens (primary N) is 1. The minimum atomic E-state index is -5.11. The van der Waals surface area contributed by atoms with Crippen molar-refractivity contribution >= 4 is 23.4 Å². The van der Waals surface area contributed by atoms with Crippen LogP contribution in [0.1, 0.15) is 27.0 Å². The number of carbonyl (C=O) groups is 2. The van der Waals surface area contributed by atoms with Crippen LogP contribution in [0.15, 0.2) is 42.5 Å². The number of halogens is 7. The molecule has 0 aromatic heterocycles. The van der Waals surface area contributed by atoms with E-state index in [4.69, 9.17) is 17.3 Å². The van der Waals surface area contributed by atoms with Crippen molar-refractivity contribution in [2.24, 2.45) is 5.73 Å². The summed E-state index contributed by atoms with van der Waals surface area (Å²) in [6.45, 7) is 0. The van der Waals surface area contributed by atoms with Crippen LogP contribution >= 0.6 is 11.6 Å². The second-order valence-electron chi connectivity index (χ2n) is 6.02. The van der Waals surface area contributed by atoms with Gasteiger partial charge in [0, 0.05) is 17.0 Å². The van der Waals surface area contributed by atoms with Crippen LogP contribution in [0.25, 0.3) is 0 Å². The topological polar surface area (TPSA) is 72.2 Å². The van der Waals surface area contributed by atoms with Crippen LogP contribution in [0.3, 0.4) is 0 Å². The number of hydrogen-bond acceptors (Lipinski definition) is 2. The maximum Gasteiger partial charge on any atom is 0.416 e. The van der Waals surface area contributed by atoms with Gasteiger partial charge in [-0.15, -0.1) is 0 Å². The number of hydrogen-bond donors (Lipinski definition) is 2. The Hall–Kier alpha value is -2.75. The zero-order chi connectivity index (χ0) is 22.0. The molecule has 3 N–H and O–H groups in total. The van der Waals surface area contributed by atoms with E-state index < -0.39 is 46.9 Å². The molecule has 0 saturated carbocycles. The van der Waals surface area contributed by atoms with Gasteiger partial charge >= 0.3 is 12.4 Å². The first kappa shape index (κ1) is 22.5. The SMILES string of the molecule is NC(=O)[C@@H](Cc1ccccc1Cl)NC(=O)c1cc(C(F)(F)F)cc(C(F)(F)F)c1. The largest absolute Gasteiger partial charge is 0.416 e. The standard InChI is InChI=1S/C18H13ClF6N2O2/c19-13-4-2-1-3-9(13)7-14(15(26)28)27-16(29)10-5-11(17(20,21)22)8-12(6-10)18(23,24)25/h1-6,8,14H,7H2,(H2,26,28)(H,27,29)/t14-/m1/s1. The molecule has 4 nitrogen and oxygen atoms in total. The predicted molar refractivity (Wildman–Crippen MR) is 92.1 cm³/mol. The molecular formula is C18H13ClF6N2O2. The van der Waals surface area contributed by atoms with Crippen molar-refractivity contribution in [2.45, 2.75) is 24.8 Å². The number of rotatable bonds is 5. The summed E-state index contributed by atoms with van der Waals surface area (Å²) < 4.78 is 77.6. The van der Waals surface area contributed by atoms with Crippen molar-refractivity contribution in [3.63, 3.8) is 0 Å².